The van der Waals surface area contributed by atoms with Crippen LogP contribution in [0.4, 0.5) is 4.39 Å². The summed E-state index contributed by atoms with van der Waals surface area (Å²) in [5, 5.41) is 21.5. The molecule has 17 heavy (non-hydrogen) atoms. The van der Waals surface area contributed by atoms with Crippen LogP contribution in [-0.2, 0) is 0 Å². The Morgan fingerprint density at radius 1 is 1.41 bits per heavy atom. The number of phenols is 1. The number of hydrogen-bond acceptors (Lipinski definition) is 4. The number of phenolic OH excluding ortho intramolecular Hbond substituents is 1. The van der Waals surface area contributed by atoms with Gasteiger partial charge in [0.2, 0.25) is 0 Å². The van der Waals surface area contributed by atoms with Crippen molar-refractivity contribution in [2.45, 2.75) is 6.92 Å². The van der Waals surface area contributed by atoms with Crippen LogP contribution in [0, 0.1) is 12.7 Å². The summed E-state index contributed by atoms with van der Waals surface area (Å²) in [7, 11) is 0. The van der Waals surface area contributed by atoms with Crippen LogP contribution in [0.1, 0.15) is 16.1 Å². The van der Waals surface area contributed by atoms with Gasteiger partial charge < -0.3 is 14.7 Å². The average molecular weight is 237 g/mol. The van der Waals surface area contributed by atoms with Crippen molar-refractivity contribution in [1.29, 1.82) is 0 Å². The highest BCUT2D eigenvalue weighted by molar-refractivity contribution is 5.86. The standard InChI is InChI=1S/C11H8FNO4/c1-5-2-9(14)6(3-7(5)12)10-4-8(11(15)16)13-17-10/h2-4,14H,1H3,(H,15,16). The topological polar surface area (TPSA) is 83.6 Å². The summed E-state index contributed by atoms with van der Waals surface area (Å²) in [6.45, 7) is 1.50. The van der Waals surface area contributed by atoms with Gasteiger partial charge in [0.1, 0.15) is 11.6 Å². The van der Waals surface area contributed by atoms with E-state index in [0.717, 1.165) is 12.1 Å². The zero-order chi connectivity index (χ0) is 12.6. The molecule has 0 saturated carbocycles. The number of carbonyl (C=O) groups is 1. The van der Waals surface area contributed by atoms with Crippen molar-refractivity contribution >= 4 is 5.97 Å². The Labute approximate surface area is 95.1 Å². The van der Waals surface area contributed by atoms with Gasteiger partial charge in [-0.15, -0.1) is 0 Å². The van der Waals surface area contributed by atoms with Gasteiger partial charge in [0, 0.05) is 6.07 Å². The normalized spacial score (nSPS) is 10.5. The molecule has 2 rings (SSSR count). The molecule has 1 heterocycles. The lowest BCUT2D eigenvalue weighted by Crippen LogP contribution is -1.94. The average Bonchev–Trinajstić information content (AvgIpc) is 2.72. The van der Waals surface area contributed by atoms with E-state index in [2.05, 4.69) is 5.16 Å². The van der Waals surface area contributed by atoms with Gasteiger partial charge in [-0.2, -0.15) is 0 Å². The van der Waals surface area contributed by atoms with E-state index in [0.29, 0.717) is 0 Å². The molecule has 0 bridgehead atoms. The maximum atomic E-state index is 13.3. The van der Waals surface area contributed by atoms with Gasteiger partial charge in [-0.05, 0) is 24.6 Å². The molecule has 0 fully saturated rings. The number of benzene rings is 1. The van der Waals surface area contributed by atoms with Gasteiger partial charge in [-0.1, -0.05) is 5.16 Å². The number of carboxylic acids is 1. The lowest BCUT2D eigenvalue weighted by Gasteiger charge is -2.02. The van der Waals surface area contributed by atoms with Crippen molar-refractivity contribution in [2.24, 2.45) is 0 Å². The second kappa shape index (κ2) is 3.89. The number of rotatable bonds is 2. The van der Waals surface area contributed by atoms with Crippen molar-refractivity contribution in [3.8, 4) is 17.1 Å². The quantitative estimate of drug-likeness (QED) is 0.836. The highest BCUT2D eigenvalue weighted by atomic mass is 19.1. The minimum absolute atomic E-state index is 0.00111. The molecule has 0 spiro atoms. The maximum absolute atomic E-state index is 13.3. The van der Waals surface area contributed by atoms with Gasteiger partial charge in [0.15, 0.2) is 11.5 Å². The first kappa shape index (κ1) is 11.1. The largest absolute Gasteiger partial charge is 0.507 e. The number of aromatic carboxylic acids is 1. The van der Waals surface area contributed by atoms with Gasteiger partial charge in [-0.25, -0.2) is 9.18 Å². The molecule has 2 N–H and O–H groups in total. The lowest BCUT2D eigenvalue weighted by atomic mass is 10.1. The summed E-state index contributed by atoms with van der Waals surface area (Å²) in [4.78, 5) is 10.6. The van der Waals surface area contributed by atoms with Gasteiger partial charge in [0.05, 0.1) is 5.56 Å². The minimum atomic E-state index is -1.26. The molecule has 0 unspecified atom stereocenters. The van der Waals surface area contributed by atoms with Crippen LogP contribution in [0.5, 0.6) is 5.75 Å². The fourth-order valence-electron chi connectivity index (χ4n) is 1.37. The van der Waals surface area contributed by atoms with E-state index in [-0.39, 0.29) is 28.3 Å². The molecule has 0 aliphatic carbocycles. The Hall–Kier alpha value is -2.37. The Morgan fingerprint density at radius 2 is 2.12 bits per heavy atom. The first-order valence-electron chi connectivity index (χ1n) is 4.68. The van der Waals surface area contributed by atoms with Crippen LogP contribution in [0.2, 0.25) is 0 Å². The summed E-state index contributed by atoms with van der Waals surface area (Å²) < 4.78 is 18.1. The van der Waals surface area contributed by atoms with Crippen molar-refractivity contribution < 1.29 is 23.9 Å². The van der Waals surface area contributed by atoms with Crippen LogP contribution >= 0.6 is 0 Å². The van der Waals surface area contributed by atoms with Gasteiger partial charge in [0.25, 0.3) is 0 Å². The van der Waals surface area contributed by atoms with Crippen molar-refractivity contribution in [3.63, 3.8) is 0 Å². The van der Waals surface area contributed by atoms with Crippen LogP contribution < -0.4 is 0 Å². The van der Waals surface area contributed by atoms with Crippen LogP contribution in [-0.4, -0.2) is 21.3 Å². The second-order valence-corrected chi connectivity index (χ2v) is 3.50. The van der Waals surface area contributed by atoms with Crippen molar-refractivity contribution in [2.75, 3.05) is 0 Å². The molecule has 5 nitrogen and oxygen atoms in total. The number of aromatic nitrogens is 1. The predicted octanol–water partition coefficient (Wildman–Crippen LogP) is 2.19. The van der Waals surface area contributed by atoms with Crippen LogP contribution in [0.15, 0.2) is 22.7 Å². The number of nitrogens with zero attached hydrogens (tertiary/aromatic N) is 1. The Bertz CT molecular complexity index is 591. The zero-order valence-corrected chi connectivity index (χ0v) is 8.77. The Kier molecular flexibility index (Phi) is 2.55. The zero-order valence-electron chi connectivity index (χ0n) is 8.77. The summed E-state index contributed by atoms with van der Waals surface area (Å²) in [5.41, 5.74) is 0.0395. The predicted molar refractivity (Wildman–Crippen MR) is 55.3 cm³/mol. The number of halogens is 1. The maximum Gasteiger partial charge on any atom is 0.358 e. The van der Waals surface area contributed by atoms with E-state index >= 15 is 0 Å². The van der Waals surface area contributed by atoms with Crippen LogP contribution in [0.25, 0.3) is 11.3 Å². The molecule has 0 aliphatic heterocycles. The highest BCUT2D eigenvalue weighted by Crippen LogP contribution is 2.31. The molecule has 0 radical (unpaired) electrons. The Morgan fingerprint density at radius 3 is 2.71 bits per heavy atom. The third kappa shape index (κ3) is 1.96. The van der Waals surface area contributed by atoms with E-state index in [9.17, 15) is 14.3 Å². The SMILES string of the molecule is Cc1cc(O)c(-c2cc(C(=O)O)no2)cc1F. The monoisotopic (exact) mass is 237 g/mol. The second-order valence-electron chi connectivity index (χ2n) is 3.50. The smallest absolute Gasteiger partial charge is 0.358 e. The number of carboxylic acid groups (broad SMARTS) is 1. The van der Waals surface area contributed by atoms with Crippen molar-refractivity contribution in [1.82, 2.24) is 5.16 Å². The highest BCUT2D eigenvalue weighted by Gasteiger charge is 2.16. The van der Waals surface area contributed by atoms with Crippen molar-refractivity contribution in [3.05, 3.63) is 35.3 Å². The number of aryl methyl sites for hydroxylation is 1. The summed E-state index contributed by atoms with van der Waals surface area (Å²) in [6, 6.07) is 3.41. The molecule has 0 atom stereocenters. The summed E-state index contributed by atoms with van der Waals surface area (Å²) >= 11 is 0. The molecule has 88 valence electrons. The molecular formula is C11H8FNO4. The number of hydrogen-bond donors (Lipinski definition) is 2. The molecule has 2 aromatic rings. The molecule has 0 saturated heterocycles. The van der Waals surface area contributed by atoms with Gasteiger partial charge >= 0.3 is 5.97 Å². The molecule has 6 heteroatoms. The van der Waals surface area contributed by atoms with E-state index in [1.165, 1.54) is 13.0 Å². The molecule has 1 aromatic heterocycles. The third-order valence-electron chi connectivity index (χ3n) is 2.27. The molecule has 1 aromatic carbocycles. The lowest BCUT2D eigenvalue weighted by molar-refractivity contribution is 0.0686. The minimum Gasteiger partial charge on any atom is -0.507 e. The van der Waals surface area contributed by atoms with Gasteiger partial charge in [-0.3, -0.25) is 0 Å². The molecule has 0 aliphatic rings. The van der Waals surface area contributed by atoms with E-state index in [1.807, 2.05) is 0 Å². The van der Waals surface area contributed by atoms with Crippen LogP contribution in [0.3, 0.4) is 0 Å². The van der Waals surface area contributed by atoms with E-state index in [1.54, 1.807) is 0 Å². The summed E-state index contributed by atoms with van der Waals surface area (Å²) in [6.07, 6.45) is 0. The fourth-order valence-corrected chi connectivity index (χ4v) is 1.37. The molecule has 0 amide bonds. The number of aromatic hydroxyl groups is 1. The van der Waals surface area contributed by atoms with E-state index < -0.39 is 11.8 Å². The molecular weight excluding hydrogens is 229 g/mol. The first-order chi connectivity index (χ1) is 7.99. The Balaban J connectivity index is 2.52. The first-order valence-corrected chi connectivity index (χ1v) is 4.68. The summed E-state index contributed by atoms with van der Waals surface area (Å²) in [5.74, 6) is -1.98. The van der Waals surface area contributed by atoms with E-state index in [4.69, 9.17) is 9.63 Å². The third-order valence-corrected chi connectivity index (χ3v) is 2.27. The fraction of sp³-hybridized carbons (Fsp3) is 0.0909.